The number of amides is 3. The van der Waals surface area contributed by atoms with Crippen LogP contribution < -0.4 is 21.1 Å². The van der Waals surface area contributed by atoms with Crippen molar-refractivity contribution >= 4 is 51.0 Å². The third-order valence-corrected chi connectivity index (χ3v) is 12.0. The van der Waals surface area contributed by atoms with Crippen LogP contribution in [0.15, 0.2) is 76.4 Å². The molecular formula is C46H43N7O6. The maximum Gasteiger partial charge on any atom is 0.270 e. The Labute approximate surface area is 340 Å². The number of pyridine rings is 2. The van der Waals surface area contributed by atoms with Crippen molar-refractivity contribution in [2.45, 2.75) is 63.7 Å². The molecule has 1 atom stereocenters. The summed E-state index contributed by atoms with van der Waals surface area (Å²) in [5, 5.41) is 7.02. The first-order valence-corrected chi connectivity index (χ1v) is 20.0. The van der Waals surface area contributed by atoms with Gasteiger partial charge < -0.3 is 23.9 Å². The molecule has 1 unspecified atom stereocenters. The van der Waals surface area contributed by atoms with Crippen LogP contribution in [0.2, 0.25) is 0 Å². The van der Waals surface area contributed by atoms with E-state index in [1.54, 1.807) is 35.2 Å². The molecule has 6 aromatic rings. The van der Waals surface area contributed by atoms with Crippen LogP contribution in [-0.2, 0) is 33.2 Å². The van der Waals surface area contributed by atoms with E-state index in [0.29, 0.717) is 46.0 Å². The van der Waals surface area contributed by atoms with Crippen LogP contribution >= 0.6 is 0 Å². The van der Waals surface area contributed by atoms with Crippen LogP contribution in [-0.4, -0.2) is 63.5 Å². The second-order valence-electron chi connectivity index (χ2n) is 15.8. The fourth-order valence-corrected chi connectivity index (χ4v) is 8.56. The summed E-state index contributed by atoms with van der Waals surface area (Å²) < 4.78 is 13.2. The maximum atomic E-state index is 13.0. The summed E-state index contributed by atoms with van der Waals surface area (Å²) in [6, 6.07) is 15.4. The molecule has 2 N–H and O–H groups in total. The Morgan fingerprint density at radius 1 is 1.00 bits per heavy atom. The lowest BCUT2D eigenvalue weighted by Crippen LogP contribution is -2.49. The molecule has 298 valence electrons. The normalized spacial score (nSPS) is 18.3. The lowest BCUT2D eigenvalue weighted by molar-refractivity contribution is -0.137. The number of rotatable bonds is 6. The number of furan rings is 1. The highest BCUT2D eigenvalue weighted by molar-refractivity contribution is 6.05. The van der Waals surface area contributed by atoms with Crippen molar-refractivity contribution in [2.24, 2.45) is 7.05 Å². The molecule has 3 amide bonds. The van der Waals surface area contributed by atoms with Crippen molar-refractivity contribution in [3.05, 3.63) is 111 Å². The summed E-state index contributed by atoms with van der Waals surface area (Å²) in [5.41, 5.74) is 7.80. The number of hydrogen-bond donors (Lipinski definition) is 2. The van der Waals surface area contributed by atoms with E-state index in [1.807, 2.05) is 45.3 Å². The second-order valence-corrected chi connectivity index (χ2v) is 15.8. The Morgan fingerprint density at radius 3 is 2.64 bits per heavy atom. The first-order valence-electron chi connectivity index (χ1n) is 20.0. The zero-order chi connectivity index (χ0) is 40.8. The van der Waals surface area contributed by atoms with Gasteiger partial charge in [-0.2, -0.15) is 0 Å². The quantitative estimate of drug-likeness (QED) is 0.154. The van der Waals surface area contributed by atoms with Gasteiger partial charge in [-0.3, -0.25) is 29.5 Å². The van der Waals surface area contributed by atoms with E-state index in [1.165, 1.54) is 5.56 Å². The van der Waals surface area contributed by atoms with E-state index in [-0.39, 0.29) is 41.9 Å². The van der Waals surface area contributed by atoms with Gasteiger partial charge in [0.1, 0.15) is 11.3 Å². The first kappa shape index (κ1) is 37.9. The molecule has 2 aromatic carbocycles. The minimum absolute atomic E-state index is 0.00404. The van der Waals surface area contributed by atoms with Gasteiger partial charge in [-0.1, -0.05) is 11.8 Å². The lowest BCUT2D eigenvalue weighted by atomic mass is 9.75. The minimum atomic E-state index is -0.897. The van der Waals surface area contributed by atoms with Gasteiger partial charge in [0.15, 0.2) is 5.82 Å². The van der Waals surface area contributed by atoms with E-state index < -0.39 is 5.41 Å². The number of aromatic nitrogens is 4. The molecule has 3 aliphatic rings. The third-order valence-electron chi connectivity index (χ3n) is 12.0. The van der Waals surface area contributed by atoms with Crippen molar-refractivity contribution in [3.63, 3.8) is 0 Å². The zero-order valence-corrected chi connectivity index (χ0v) is 33.2. The Balaban J connectivity index is 0.902. The summed E-state index contributed by atoms with van der Waals surface area (Å²) >= 11 is 0. The number of nitrogens with one attached hydrogen (secondary N) is 2. The summed E-state index contributed by atoms with van der Waals surface area (Å²) in [6.07, 6.45) is 9.27. The fourth-order valence-electron chi connectivity index (χ4n) is 8.56. The number of fused-ring (bicyclic) bond motifs is 3. The van der Waals surface area contributed by atoms with Crippen LogP contribution in [0.25, 0.3) is 33.3 Å². The first-order chi connectivity index (χ1) is 28.6. The van der Waals surface area contributed by atoms with Gasteiger partial charge in [0.05, 0.1) is 47.0 Å². The molecular weight excluding hydrogens is 747 g/mol. The van der Waals surface area contributed by atoms with Crippen LogP contribution in [0, 0.1) is 18.8 Å². The van der Waals surface area contributed by atoms with Crippen molar-refractivity contribution in [1.82, 2.24) is 30.2 Å². The van der Waals surface area contributed by atoms with E-state index in [2.05, 4.69) is 44.5 Å². The Hall–Kier alpha value is -6.65. The molecule has 13 heteroatoms. The predicted octanol–water partition coefficient (Wildman–Crippen LogP) is 5.90. The second kappa shape index (κ2) is 15.3. The number of piperidine rings is 1. The van der Waals surface area contributed by atoms with E-state index in [0.717, 1.165) is 78.8 Å². The van der Waals surface area contributed by atoms with Gasteiger partial charge in [0.25, 0.3) is 11.5 Å². The van der Waals surface area contributed by atoms with Crippen LogP contribution in [0.3, 0.4) is 0 Å². The average molecular weight is 790 g/mol. The van der Waals surface area contributed by atoms with Gasteiger partial charge in [0, 0.05) is 72.5 Å². The van der Waals surface area contributed by atoms with Crippen LogP contribution in [0.4, 0.5) is 11.4 Å². The van der Waals surface area contributed by atoms with E-state index in [9.17, 15) is 19.2 Å². The van der Waals surface area contributed by atoms with Crippen molar-refractivity contribution in [1.29, 1.82) is 0 Å². The largest absolute Gasteiger partial charge is 0.464 e. The fraction of sp³-hybridized carbons (Fsp3) is 0.326. The molecule has 4 aromatic heterocycles. The zero-order valence-electron chi connectivity index (χ0n) is 33.2. The molecule has 7 heterocycles. The number of nitrogens with zero attached hydrogens (tertiary/aromatic N) is 5. The van der Waals surface area contributed by atoms with Gasteiger partial charge >= 0.3 is 0 Å². The van der Waals surface area contributed by atoms with E-state index >= 15 is 0 Å². The predicted molar refractivity (Wildman–Crippen MR) is 222 cm³/mol. The molecule has 0 radical (unpaired) electrons. The Kier molecular flexibility index (Phi) is 9.81. The molecule has 3 aliphatic heterocycles. The Bertz CT molecular complexity index is 2810. The molecule has 13 nitrogen and oxygen atoms in total. The SMILES string of the molecule is Cc1cc2c(N3CCCc4nc(-c5ccc(C(=O)NCC#Cc6ccc7occ(C8(C)CCC(=O)NC8=O)c7c6)nc5)ncc43)cc(C3CCOCC3)cc2n(C)c1=O. The van der Waals surface area contributed by atoms with Crippen LogP contribution in [0.1, 0.15) is 83.4 Å². The lowest BCUT2D eigenvalue weighted by Gasteiger charge is -2.33. The highest BCUT2D eigenvalue weighted by Crippen LogP contribution is 2.41. The number of anilines is 2. The number of carbonyl (C=O) groups excluding carboxylic acids is 3. The summed E-state index contributed by atoms with van der Waals surface area (Å²) in [6.45, 7) is 6.02. The smallest absolute Gasteiger partial charge is 0.270 e. The molecule has 0 saturated carbocycles. The molecule has 0 bridgehead atoms. The topological polar surface area (TPSA) is 162 Å². The highest BCUT2D eigenvalue weighted by atomic mass is 16.5. The third kappa shape index (κ3) is 7.03. The summed E-state index contributed by atoms with van der Waals surface area (Å²) in [5.74, 6) is 5.96. The number of imide groups is 1. The molecule has 59 heavy (non-hydrogen) atoms. The van der Waals surface area contributed by atoms with Gasteiger partial charge in [-0.15, -0.1) is 0 Å². The molecule has 0 aliphatic carbocycles. The molecule has 0 spiro atoms. The summed E-state index contributed by atoms with van der Waals surface area (Å²) in [7, 11) is 1.85. The number of hydrogen-bond acceptors (Lipinski definition) is 10. The molecule has 2 saturated heterocycles. The van der Waals surface area contributed by atoms with Gasteiger partial charge in [-0.05, 0) is 106 Å². The summed E-state index contributed by atoms with van der Waals surface area (Å²) in [4.78, 5) is 67.1. The Morgan fingerprint density at radius 2 is 1.85 bits per heavy atom. The maximum absolute atomic E-state index is 13.0. The number of benzene rings is 2. The van der Waals surface area contributed by atoms with Crippen LogP contribution in [0.5, 0.6) is 0 Å². The van der Waals surface area contributed by atoms with Gasteiger partial charge in [0.2, 0.25) is 11.8 Å². The van der Waals surface area contributed by atoms with Crippen molar-refractivity contribution in [3.8, 4) is 23.2 Å². The minimum Gasteiger partial charge on any atom is -0.464 e. The molecule has 9 rings (SSSR count). The van der Waals surface area contributed by atoms with Crippen molar-refractivity contribution in [2.75, 3.05) is 31.2 Å². The molecule has 2 fully saturated rings. The number of ether oxygens (including phenoxy) is 1. The average Bonchev–Trinajstić information content (AvgIpc) is 3.70. The monoisotopic (exact) mass is 789 g/mol. The van der Waals surface area contributed by atoms with E-state index in [4.69, 9.17) is 19.1 Å². The van der Waals surface area contributed by atoms with Gasteiger partial charge in [-0.25, -0.2) is 9.97 Å². The number of carbonyl (C=O) groups is 3. The standard InChI is InChI=1S/C46H43N7O6/c1-27-20-33-37(52(3)44(27)56)22-31(29-13-18-58-19-14-29)23-38(33)53-17-5-7-35-39(53)25-49-42(50-35)30-9-10-36(48-24-30)43(55)47-16-4-6-28-8-11-40-32(21-28)34(26-59-40)46(2)15-12-41(54)51-45(46)57/h8-11,20-26,29H,5,7,12-19H2,1-3H3,(H,47,55)(H,51,54,57). The highest BCUT2D eigenvalue weighted by Gasteiger charge is 2.42. The van der Waals surface area contributed by atoms with Crippen molar-refractivity contribution < 1.29 is 23.5 Å². The number of aryl methyl sites for hydroxylation is 3.